The van der Waals surface area contributed by atoms with Gasteiger partial charge in [0.2, 0.25) is 11.7 Å². The Hall–Kier alpha value is -2.31. The van der Waals surface area contributed by atoms with Crippen LogP contribution in [0.1, 0.15) is 43.4 Å². The van der Waals surface area contributed by atoms with E-state index in [9.17, 15) is 0 Å². The van der Waals surface area contributed by atoms with Gasteiger partial charge in [0.25, 0.3) is 0 Å². The van der Waals surface area contributed by atoms with Crippen LogP contribution in [0.5, 0.6) is 11.6 Å². The SMILES string of the molecule is COc1nc(C)c(-c2ccc3c(c2)COC2(CCN(C4CCC4)CC2)O3)cc1N. The van der Waals surface area contributed by atoms with Crippen molar-refractivity contribution >= 4 is 5.69 Å². The van der Waals surface area contributed by atoms with Crippen molar-refractivity contribution in [1.29, 1.82) is 0 Å². The maximum Gasteiger partial charge on any atom is 0.237 e. The van der Waals surface area contributed by atoms with Gasteiger partial charge in [0, 0.05) is 48.8 Å². The summed E-state index contributed by atoms with van der Waals surface area (Å²) in [5.74, 6) is 0.937. The Bertz CT molecular complexity index is 918. The van der Waals surface area contributed by atoms with E-state index >= 15 is 0 Å². The van der Waals surface area contributed by atoms with E-state index in [-0.39, 0.29) is 0 Å². The van der Waals surface area contributed by atoms with E-state index in [1.165, 1.54) is 19.3 Å². The molecule has 2 aromatic rings. The van der Waals surface area contributed by atoms with Gasteiger partial charge in [-0.1, -0.05) is 12.5 Å². The maximum absolute atomic E-state index is 6.41. The van der Waals surface area contributed by atoms with Crippen molar-refractivity contribution in [1.82, 2.24) is 9.88 Å². The van der Waals surface area contributed by atoms with Crippen molar-refractivity contribution in [2.24, 2.45) is 0 Å². The largest absolute Gasteiger partial charge is 0.480 e. The van der Waals surface area contributed by atoms with Crippen molar-refractivity contribution in [3.05, 3.63) is 35.5 Å². The average molecular weight is 396 g/mol. The molecule has 154 valence electrons. The number of methoxy groups -OCH3 is 1. The highest BCUT2D eigenvalue weighted by molar-refractivity contribution is 5.72. The number of nitrogens with zero attached hydrogens (tertiary/aromatic N) is 2. The molecule has 0 unspecified atom stereocenters. The third-order valence-corrected chi connectivity index (χ3v) is 6.71. The van der Waals surface area contributed by atoms with Gasteiger partial charge in [-0.2, -0.15) is 0 Å². The normalized spacial score (nSPS) is 21.3. The number of anilines is 1. The summed E-state index contributed by atoms with van der Waals surface area (Å²) in [5.41, 5.74) is 10.6. The van der Waals surface area contributed by atoms with Gasteiger partial charge in [-0.15, -0.1) is 0 Å². The number of rotatable bonds is 3. The molecule has 5 rings (SSSR count). The van der Waals surface area contributed by atoms with Gasteiger partial charge in [0.15, 0.2) is 0 Å². The Morgan fingerprint density at radius 1 is 1.21 bits per heavy atom. The zero-order valence-corrected chi connectivity index (χ0v) is 17.2. The Morgan fingerprint density at radius 2 is 2.00 bits per heavy atom. The first-order valence-corrected chi connectivity index (χ1v) is 10.6. The summed E-state index contributed by atoms with van der Waals surface area (Å²) in [6.07, 6.45) is 5.95. The maximum atomic E-state index is 6.41. The third-order valence-electron chi connectivity index (χ3n) is 6.71. The number of benzene rings is 1. The molecule has 1 aromatic carbocycles. The molecule has 6 nitrogen and oxygen atoms in total. The predicted octanol–water partition coefficient (Wildman–Crippen LogP) is 3.90. The quantitative estimate of drug-likeness (QED) is 0.850. The highest BCUT2D eigenvalue weighted by Crippen LogP contribution is 2.41. The van der Waals surface area contributed by atoms with E-state index in [1.54, 1.807) is 7.11 Å². The Morgan fingerprint density at radius 3 is 2.69 bits per heavy atom. The average Bonchev–Trinajstić information content (AvgIpc) is 2.69. The molecule has 0 atom stereocenters. The van der Waals surface area contributed by atoms with Gasteiger partial charge in [-0.25, -0.2) is 4.98 Å². The molecule has 0 bridgehead atoms. The lowest BCUT2D eigenvalue weighted by Crippen LogP contribution is -2.54. The van der Waals surface area contributed by atoms with E-state index in [4.69, 9.17) is 19.9 Å². The Balaban J connectivity index is 1.34. The Kier molecular flexibility index (Phi) is 4.63. The molecule has 1 spiro atoms. The standard InChI is InChI=1S/C23H29N3O3/c1-15-19(13-20(24)22(25-15)27-2)16-6-7-21-17(12-16)14-28-23(29-21)8-10-26(11-9-23)18-4-3-5-18/h6-7,12-13,18H,3-5,8-11,14,24H2,1-2H3. The number of likely N-dealkylation sites (tertiary alicyclic amines) is 1. The molecule has 0 amide bonds. The van der Waals surface area contributed by atoms with Crippen LogP contribution in [0.4, 0.5) is 5.69 Å². The highest BCUT2D eigenvalue weighted by atomic mass is 16.7. The lowest BCUT2D eigenvalue weighted by atomic mass is 9.89. The summed E-state index contributed by atoms with van der Waals surface area (Å²) in [7, 11) is 1.58. The van der Waals surface area contributed by atoms with Gasteiger partial charge in [-0.3, -0.25) is 4.90 Å². The smallest absolute Gasteiger partial charge is 0.237 e. The molecule has 1 saturated heterocycles. The fraction of sp³-hybridized carbons (Fsp3) is 0.522. The highest BCUT2D eigenvalue weighted by Gasteiger charge is 2.42. The van der Waals surface area contributed by atoms with Crippen LogP contribution in [0.25, 0.3) is 11.1 Å². The van der Waals surface area contributed by atoms with Crippen LogP contribution in [0.3, 0.4) is 0 Å². The van der Waals surface area contributed by atoms with Gasteiger partial charge < -0.3 is 19.9 Å². The van der Waals surface area contributed by atoms with Crippen LogP contribution in [0.2, 0.25) is 0 Å². The van der Waals surface area contributed by atoms with Gasteiger partial charge >= 0.3 is 0 Å². The fourth-order valence-corrected chi connectivity index (χ4v) is 4.68. The molecule has 1 aromatic heterocycles. The molecule has 6 heteroatoms. The first-order valence-electron chi connectivity index (χ1n) is 10.6. The number of aryl methyl sites for hydroxylation is 1. The van der Waals surface area contributed by atoms with Gasteiger partial charge in [0.1, 0.15) is 5.75 Å². The monoisotopic (exact) mass is 395 g/mol. The number of hydrogen-bond donors (Lipinski definition) is 1. The molecular weight excluding hydrogens is 366 g/mol. The minimum atomic E-state index is -0.462. The zero-order valence-electron chi connectivity index (χ0n) is 17.2. The van der Waals surface area contributed by atoms with E-state index in [2.05, 4.69) is 28.1 Å². The molecule has 2 aliphatic heterocycles. The fourth-order valence-electron chi connectivity index (χ4n) is 4.68. The van der Waals surface area contributed by atoms with E-state index in [0.717, 1.165) is 60.1 Å². The topological polar surface area (TPSA) is 69.8 Å². The van der Waals surface area contributed by atoms with Crippen molar-refractivity contribution in [3.63, 3.8) is 0 Å². The van der Waals surface area contributed by atoms with Gasteiger partial charge in [-0.05, 0) is 43.5 Å². The number of hydrogen-bond acceptors (Lipinski definition) is 6. The summed E-state index contributed by atoms with van der Waals surface area (Å²) in [6.45, 7) is 4.67. The molecule has 2 fully saturated rings. The molecule has 1 saturated carbocycles. The molecule has 0 radical (unpaired) electrons. The molecule has 3 aliphatic rings. The molecule has 1 aliphatic carbocycles. The van der Waals surface area contributed by atoms with E-state index < -0.39 is 5.79 Å². The number of nitrogens with two attached hydrogens (primary N) is 1. The van der Waals surface area contributed by atoms with E-state index in [1.807, 2.05) is 13.0 Å². The number of piperidine rings is 1. The number of pyridine rings is 1. The summed E-state index contributed by atoms with van der Waals surface area (Å²) >= 11 is 0. The summed E-state index contributed by atoms with van der Waals surface area (Å²) in [4.78, 5) is 7.08. The summed E-state index contributed by atoms with van der Waals surface area (Å²) in [6, 6.07) is 8.98. The number of fused-ring (bicyclic) bond motifs is 1. The summed E-state index contributed by atoms with van der Waals surface area (Å²) < 4.78 is 17.9. The Labute approximate surface area is 172 Å². The van der Waals surface area contributed by atoms with Crippen LogP contribution >= 0.6 is 0 Å². The van der Waals surface area contributed by atoms with Crippen LogP contribution in [0, 0.1) is 6.92 Å². The third kappa shape index (κ3) is 3.34. The van der Waals surface area contributed by atoms with E-state index in [0.29, 0.717) is 18.2 Å². The van der Waals surface area contributed by atoms with Crippen LogP contribution < -0.4 is 15.2 Å². The second-order valence-corrected chi connectivity index (χ2v) is 8.46. The lowest BCUT2D eigenvalue weighted by Gasteiger charge is -2.47. The molecule has 29 heavy (non-hydrogen) atoms. The minimum absolute atomic E-state index is 0.462. The zero-order chi connectivity index (χ0) is 20.0. The van der Waals surface area contributed by atoms with Gasteiger partial charge in [0.05, 0.1) is 19.4 Å². The number of aromatic nitrogens is 1. The lowest BCUT2D eigenvalue weighted by molar-refractivity contribution is -0.231. The van der Waals surface area contributed by atoms with Crippen molar-refractivity contribution in [3.8, 4) is 22.8 Å². The number of ether oxygens (including phenoxy) is 3. The van der Waals surface area contributed by atoms with Crippen LogP contribution in [-0.4, -0.2) is 41.9 Å². The first-order chi connectivity index (χ1) is 14.1. The second kappa shape index (κ2) is 7.18. The van der Waals surface area contributed by atoms with Crippen molar-refractivity contribution < 1.29 is 14.2 Å². The predicted molar refractivity (Wildman–Crippen MR) is 112 cm³/mol. The minimum Gasteiger partial charge on any atom is -0.480 e. The van der Waals surface area contributed by atoms with Crippen molar-refractivity contribution in [2.75, 3.05) is 25.9 Å². The summed E-state index contributed by atoms with van der Waals surface area (Å²) in [5, 5.41) is 0. The first kappa shape index (κ1) is 18.7. The number of nitrogen functional groups attached to an aromatic ring is 1. The van der Waals surface area contributed by atoms with Crippen LogP contribution in [-0.2, 0) is 11.3 Å². The molecule has 2 N–H and O–H groups in total. The van der Waals surface area contributed by atoms with Crippen molar-refractivity contribution in [2.45, 2.75) is 57.5 Å². The molecular formula is C23H29N3O3. The second-order valence-electron chi connectivity index (χ2n) is 8.46. The van der Waals surface area contributed by atoms with Crippen LogP contribution in [0.15, 0.2) is 24.3 Å². The molecule has 3 heterocycles.